The number of cyclic esters (lactones) is 4. The number of hydrogen-bond acceptors (Lipinski definition) is 22. The number of methoxy groups -OCH3 is 2. The highest BCUT2D eigenvalue weighted by atomic mass is 35.5. The highest BCUT2D eigenvalue weighted by Gasteiger charge is 2.50. The summed E-state index contributed by atoms with van der Waals surface area (Å²) >= 11 is 23.1. The molecule has 2 saturated heterocycles. The number of nitrogens with one attached hydrogen (secondary N) is 4. The maximum atomic E-state index is 13.9. The Hall–Kier alpha value is -7.63. The van der Waals surface area contributed by atoms with Crippen molar-refractivity contribution in [1.82, 2.24) is 26.2 Å². The number of Topliss-reactive ketones (excluding diaryl/α,β-unsaturated/α-hetero) is 1. The summed E-state index contributed by atoms with van der Waals surface area (Å²) in [6.07, 6.45) is 4.73. The van der Waals surface area contributed by atoms with Crippen LogP contribution in [0, 0.1) is 34.5 Å². The van der Waals surface area contributed by atoms with Gasteiger partial charge in [0, 0.05) is 93.8 Å². The largest absolute Gasteiger partial charge is 0.495 e. The van der Waals surface area contributed by atoms with Crippen molar-refractivity contribution < 1.29 is 95.3 Å². The molecule has 4 aliphatic rings. The second-order valence-electron chi connectivity index (χ2n) is 33.9. The number of alkyl halides is 1. The molecule has 25 nitrogen and oxygen atoms in total. The summed E-state index contributed by atoms with van der Waals surface area (Å²) in [6.45, 7) is 26.3. The summed E-state index contributed by atoms with van der Waals surface area (Å²) in [5.74, 6) is -3.73. The van der Waals surface area contributed by atoms with Crippen LogP contribution in [0.3, 0.4) is 0 Å². The van der Waals surface area contributed by atoms with Crippen molar-refractivity contribution in [2.75, 3.05) is 80.5 Å². The lowest BCUT2D eigenvalue weighted by molar-refractivity contribution is -0.179. The van der Waals surface area contributed by atoms with E-state index in [9.17, 15) is 43.2 Å². The zero-order valence-corrected chi connectivity index (χ0v) is 74.7. The fraction of sp³-hybridized carbons (Fsp3) is 0.589. The number of ether oxygens (including phenoxy) is 11. The number of ketones is 1. The molecule has 0 aromatic heterocycles. The van der Waals surface area contributed by atoms with Crippen LogP contribution in [0.1, 0.15) is 180 Å². The van der Waals surface area contributed by atoms with Crippen molar-refractivity contribution >= 4 is 101 Å². The lowest BCUT2D eigenvalue weighted by Crippen LogP contribution is -2.51. The van der Waals surface area contributed by atoms with Crippen LogP contribution in [-0.4, -0.2) is 192 Å². The van der Waals surface area contributed by atoms with E-state index < -0.39 is 94.8 Å². The number of hydrogen-bond donors (Lipinski definition) is 5. The van der Waals surface area contributed by atoms with Crippen LogP contribution < -0.4 is 30.7 Å². The minimum absolute atomic E-state index is 0.0111. The second kappa shape index (κ2) is 47.7. The van der Waals surface area contributed by atoms with Gasteiger partial charge in [-0.3, -0.25) is 38.5 Å². The number of carbonyl (C=O) groups excluding carboxylic acids is 9. The summed E-state index contributed by atoms with van der Waals surface area (Å²) in [5.41, 5.74) is 3.03. The van der Waals surface area contributed by atoms with Crippen LogP contribution in [0.2, 0.25) is 10.0 Å². The molecule has 119 heavy (non-hydrogen) atoms. The van der Waals surface area contributed by atoms with E-state index in [1.54, 1.807) is 76.2 Å². The van der Waals surface area contributed by atoms with E-state index in [0.717, 1.165) is 41.8 Å². The molecule has 0 radical (unpaired) electrons. The molecule has 2 fully saturated rings. The first kappa shape index (κ1) is 98.5. The maximum Gasteiger partial charge on any atom is 0.347 e. The zero-order chi connectivity index (χ0) is 87.3. The van der Waals surface area contributed by atoms with Crippen LogP contribution in [-0.2, 0) is 111 Å². The molecule has 656 valence electrons. The SMILES string of the molecule is COc1ccc(C[C@H]2NC(=O)/C=C/C[C@@H]([C@H](C)[C@H]3O[C@@H]3c3ccc(CCl)cc3)OC(=O)[C@H](CC(C)C)OC(=O)C(C)(C)CNC2=O)cc1Cl.COc1ccc(C[C@H]2NC(=O)/C=C/C[C@@H]([C@H](C)[C@H]3O[C@@H]3c3ccc(CN(C)CCOCCOCCOCCCC(=O)CCC(C)(C)S)cc3)OC(=O)[C@H](CC(C)C)OC(=O)C(C)(C)CNC2=O)cc1Cl. The topological polar surface area (TPSA) is 313 Å². The standard InChI is InChI=1S/C53H78ClN3O12S.C37H46Cl2N2O8/c1-35(2)30-45-50(61)67-43(13-10-14-46(59)56-42(32-38-17-20-44(63-9)41(54)31-38)49(60)55-34-52(4,5)51(62)68-45)36(3)47-48(69-47)39-18-15-37(16-19-39)33-57(8)23-25-65-27-29-66-28-26-64-24-11-12-40(58)21-22-53(6,7)70;1-21(2)16-30-35(44)47-28(22(3)32-33(49-32)25-13-10-23(19-38)11-14-25)8-7-9-31(42)41-27(18-24-12-15-29(46-6)26(39)17-24)34(43)40-20-37(4,5)36(45)48-30/h10,14-20,31,35-36,42-43,45,47-48,70H,11-13,21-30,32-34H2,1-9H3,(H,55,60)(H,56,59);7,9-15,17,21-22,27-28,30,32-33H,8,16,18-20H2,1-6H3,(H,40,43)(H,41,42)/b14-10+;9-7+/t36-,42+,43-,45-,47+,48+;22-,27+,28-,30-,32+,33+/m00/s1. The minimum Gasteiger partial charge on any atom is -0.495 e. The summed E-state index contributed by atoms with van der Waals surface area (Å²) in [5, 5.41) is 11.8. The molecule has 8 rings (SSSR count). The van der Waals surface area contributed by atoms with Gasteiger partial charge in [0.15, 0.2) is 12.2 Å². The number of nitrogens with zero attached hydrogens (tertiary/aromatic N) is 1. The molecule has 4 N–H and O–H groups in total. The number of rotatable bonds is 35. The molecule has 4 aromatic carbocycles. The monoisotopic (exact) mass is 1730 g/mol. The lowest BCUT2D eigenvalue weighted by atomic mass is 9.92. The van der Waals surface area contributed by atoms with Gasteiger partial charge in [-0.05, 0) is 142 Å². The number of epoxide rings is 2. The highest BCUT2D eigenvalue weighted by Crippen LogP contribution is 2.47. The van der Waals surface area contributed by atoms with E-state index in [1.807, 2.05) is 98.8 Å². The Morgan fingerprint density at radius 2 is 0.966 bits per heavy atom. The molecule has 4 aromatic rings. The van der Waals surface area contributed by atoms with Gasteiger partial charge in [-0.1, -0.05) is 151 Å². The molecule has 0 spiro atoms. The maximum absolute atomic E-state index is 13.9. The first-order chi connectivity index (χ1) is 56.4. The first-order valence-electron chi connectivity index (χ1n) is 41.1. The van der Waals surface area contributed by atoms with Crippen LogP contribution in [0.4, 0.5) is 0 Å². The van der Waals surface area contributed by atoms with E-state index >= 15 is 0 Å². The fourth-order valence-corrected chi connectivity index (χ4v) is 14.2. The van der Waals surface area contributed by atoms with Gasteiger partial charge in [-0.2, -0.15) is 12.6 Å². The van der Waals surface area contributed by atoms with Crippen LogP contribution in [0.25, 0.3) is 0 Å². The minimum atomic E-state index is -1.23. The van der Waals surface area contributed by atoms with Crippen molar-refractivity contribution in [3.8, 4) is 11.5 Å². The fourth-order valence-electron chi connectivity index (χ4n) is 13.3. The van der Waals surface area contributed by atoms with Gasteiger partial charge in [-0.25, -0.2) is 9.59 Å². The molecule has 4 heterocycles. The number of carbonyl (C=O) groups is 9. The van der Waals surface area contributed by atoms with Gasteiger partial charge in [0.05, 0.1) is 80.3 Å². The Kier molecular flexibility index (Phi) is 39.5. The predicted octanol–water partition coefficient (Wildman–Crippen LogP) is 13.3. The molecular formula is C90H124Cl3N5O20S. The lowest BCUT2D eigenvalue weighted by Gasteiger charge is -2.29. The van der Waals surface area contributed by atoms with E-state index in [4.69, 9.17) is 86.9 Å². The highest BCUT2D eigenvalue weighted by molar-refractivity contribution is 7.81. The van der Waals surface area contributed by atoms with E-state index in [1.165, 1.54) is 26.4 Å². The second-order valence-corrected chi connectivity index (χ2v) is 36.1. The third-order valence-corrected chi connectivity index (χ3v) is 22.0. The number of halogens is 3. The van der Waals surface area contributed by atoms with Crippen molar-refractivity contribution in [3.63, 3.8) is 0 Å². The van der Waals surface area contributed by atoms with Gasteiger partial charge < -0.3 is 73.4 Å². The zero-order valence-electron chi connectivity index (χ0n) is 71.5. The predicted molar refractivity (Wildman–Crippen MR) is 458 cm³/mol. The quantitative estimate of drug-likeness (QED) is 0.00713. The third-order valence-electron chi connectivity index (χ3n) is 20.9. The van der Waals surface area contributed by atoms with Crippen LogP contribution in [0.5, 0.6) is 11.5 Å². The Balaban J connectivity index is 0.000000349. The number of likely N-dealkylation sites (N-methyl/N-ethyl adjacent to an activating group) is 1. The average molecular weight is 1730 g/mol. The molecule has 4 amide bonds. The summed E-state index contributed by atoms with van der Waals surface area (Å²) < 4.78 is 63.5. The van der Waals surface area contributed by atoms with E-state index in [0.29, 0.717) is 97.5 Å². The van der Waals surface area contributed by atoms with Gasteiger partial charge in [0.2, 0.25) is 23.6 Å². The van der Waals surface area contributed by atoms with E-state index in [2.05, 4.69) is 50.9 Å². The van der Waals surface area contributed by atoms with Crippen molar-refractivity contribution in [1.29, 1.82) is 0 Å². The van der Waals surface area contributed by atoms with Crippen LogP contribution >= 0.6 is 47.4 Å². The van der Waals surface area contributed by atoms with Gasteiger partial charge in [-0.15, -0.1) is 11.6 Å². The van der Waals surface area contributed by atoms with Gasteiger partial charge in [0.1, 0.15) is 53.8 Å². The first-order valence-corrected chi connectivity index (χ1v) is 42.8. The Morgan fingerprint density at radius 3 is 1.36 bits per heavy atom. The molecule has 0 aliphatic carbocycles. The van der Waals surface area contributed by atoms with Gasteiger partial charge in [0.25, 0.3) is 0 Å². The van der Waals surface area contributed by atoms with Crippen molar-refractivity contribution in [3.05, 3.63) is 153 Å². The molecule has 29 heteroatoms. The smallest absolute Gasteiger partial charge is 0.347 e. The summed E-state index contributed by atoms with van der Waals surface area (Å²) in [6, 6.07) is 24.3. The average Bonchev–Trinajstić information content (AvgIpc) is 1.63. The normalized spacial score (nSPS) is 23.8. The van der Waals surface area contributed by atoms with E-state index in [-0.39, 0.29) is 110 Å². The van der Waals surface area contributed by atoms with Crippen molar-refractivity contribution in [2.24, 2.45) is 34.5 Å². The molecule has 0 bridgehead atoms. The Morgan fingerprint density at radius 1 is 0.563 bits per heavy atom. The molecule has 0 unspecified atom stereocenters. The molecular weight excluding hydrogens is 1610 g/mol. The van der Waals surface area contributed by atoms with Gasteiger partial charge >= 0.3 is 23.9 Å². The van der Waals surface area contributed by atoms with Crippen molar-refractivity contribution in [2.45, 2.75) is 225 Å². The molecule has 4 aliphatic heterocycles. The molecule has 12 atom stereocenters. The Bertz CT molecular complexity index is 4060. The number of amides is 4. The molecule has 0 saturated carbocycles. The summed E-state index contributed by atoms with van der Waals surface area (Å²) in [4.78, 5) is 122. The number of benzene rings is 4. The number of esters is 4. The Labute approximate surface area is 722 Å². The number of thiol groups is 1. The third kappa shape index (κ3) is 33.3. The summed E-state index contributed by atoms with van der Waals surface area (Å²) in [7, 11) is 5.05. The van der Waals surface area contributed by atoms with Crippen LogP contribution in [0.15, 0.2) is 109 Å².